The third kappa shape index (κ3) is 5.73. The number of nitrogens with one attached hydrogen (secondary N) is 1. The van der Waals surface area contributed by atoms with E-state index >= 15 is 0 Å². The predicted octanol–water partition coefficient (Wildman–Crippen LogP) is 2.89. The fourth-order valence-electron chi connectivity index (χ4n) is 3.02. The number of halogens is 1. The van der Waals surface area contributed by atoms with E-state index in [-0.39, 0.29) is 18.6 Å². The number of rotatable bonds is 6. The van der Waals surface area contributed by atoms with Gasteiger partial charge < -0.3 is 10.1 Å². The maximum Gasteiger partial charge on any atom is 0.258 e. The first-order valence-electron chi connectivity index (χ1n) is 8.48. The molecule has 0 unspecified atom stereocenters. The van der Waals surface area contributed by atoms with E-state index in [1.807, 2.05) is 12.3 Å². The van der Waals surface area contributed by atoms with Crippen LogP contribution in [-0.2, 0) is 11.3 Å². The molecule has 1 amide bonds. The minimum atomic E-state index is -0.0943. The molecule has 1 aliphatic rings. The van der Waals surface area contributed by atoms with Gasteiger partial charge in [-0.1, -0.05) is 17.7 Å². The zero-order chi connectivity index (χ0) is 17.5. The largest absolute Gasteiger partial charge is 0.484 e. The first-order valence-corrected chi connectivity index (χ1v) is 8.86. The molecule has 0 aliphatic carbocycles. The lowest BCUT2D eigenvalue weighted by Gasteiger charge is -2.33. The highest BCUT2D eigenvalue weighted by molar-refractivity contribution is 6.30. The summed E-state index contributed by atoms with van der Waals surface area (Å²) in [7, 11) is 0. The summed E-state index contributed by atoms with van der Waals surface area (Å²) in [6.45, 7) is 2.77. The smallest absolute Gasteiger partial charge is 0.258 e. The van der Waals surface area contributed by atoms with E-state index in [4.69, 9.17) is 16.3 Å². The Bertz CT molecular complexity index is 679. The molecule has 1 atom stereocenters. The summed E-state index contributed by atoms with van der Waals surface area (Å²) in [5.74, 6) is 0.546. The van der Waals surface area contributed by atoms with Gasteiger partial charge >= 0.3 is 0 Å². The molecule has 6 heteroatoms. The number of hydrogen-bond acceptors (Lipinski definition) is 4. The van der Waals surface area contributed by atoms with Gasteiger partial charge in [0.2, 0.25) is 0 Å². The molecule has 0 spiro atoms. The molecule has 1 aromatic heterocycles. The number of amides is 1. The molecule has 1 saturated heterocycles. The van der Waals surface area contributed by atoms with Crippen LogP contribution in [0.2, 0.25) is 5.02 Å². The standard InChI is InChI=1S/C19H22ClN3O2/c20-16-5-7-18(8-6-16)25-14-19(24)22-17-4-2-10-23(13-17)12-15-3-1-9-21-11-15/h1,3,5-9,11,17H,2,4,10,12-14H2,(H,22,24)/t17-/m1/s1. The molecule has 132 valence electrons. The number of nitrogens with zero attached hydrogens (tertiary/aromatic N) is 2. The van der Waals surface area contributed by atoms with Crippen LogP contribution in [0.3, 0.4) is 0 Å². The van der Waals surface area contributed by atoms with Gasteiger partial charge in [-0.15, -0.1) is 0 Å². The van der Waals surface area contributed by atoms with Crippen molar-refractivity contribution in [3.8, 4) is 5.75 Å². The van der Waals surface area contributed by atoms with Crippen molar-refractivity contribution in [1.82, 2.24) is 15.2 Å². The number of benzene rings is 1. The highest BCUT2D eigenvalue weighted by Gasteiger charge is 2.21. The zero-order valence-corrected chi connectivity index (χ0v) is 14.8. The second-order valence-corrected chi connectivity index (χ2v) is 6.68. The van der Waals surface area contributed by atoms with Crippen LogP contribution in [0.15, 0.2) is 48.8 Å². The van der Waals surface area contributed by atoms with Crippen LogP contribution in [0.1, 0.15) is 18.4 Å². The van der Waals surface area contributed by atoms with Gasteiger partial charge in [-0.3, -0.25) is 14.7 Å². The van der Waals surface area contributed by atoms with Crippen LogP contribution in [-0.4, -0.2) is 41.5 Å². The predicted molar refractivity (Wildman–Crippen MR) is 97.6 cm³/mol. The number of pyridine rings is 1. The minimum Gasteiger partial charge on any atom is -0.484 e. The molecule has 1 aliphatic heterocycles. The minimum absolute atomic E-state index is 0.0146. The van der Waals surface area contributed by atoms with Gasteiger partial charge in [0.25, 0.3) is 5.91 Å². The summed E-state index contributed by atoms with van der Waals surface area (Å²) in [6.07, 6.45) is 5.74. The molecule has 3 rings (SSSR count). The molecule has 5 nitrogen and oxygen atoms in total. The quantitative estimate of drug-likeness (QED) is 0.861. The Kier molecular flexibility index (Phi) is 6.25. The normalized spacial score (nSPS) is 17.9. The van der Waals surface area contributed by atoms with Crippen LogP contribution < -0.4 is 10.1 Å². The van der Waals surface area contributed by atoms with Crippen molar-refractivity contribution in [3.63, 3.8) is 0 Å². The fourth-order valence-corrected chi connectivity index (χ4v) is 3.14. The van der Waals surface area contributed by atoms with Crippen LogP contribution >= 0.6 is 11.6 Å². The number of likely N-dealkylation sites (tertiary alicyclic amines) is 1. The summed E-state index contributed by atoms with van der Waals surface area (Å²) in [6, 6.07) is 11.2. The molecule has 1 aromatic carbocycles. The molecule has 2 heterocycles. The maximum atomic E-state index is 12.1. The van der Waals surface area contributed by atoms with Crippen molar-refractivity contribution in [3.05, 3.63) is 59.4 Å². The second-order valence-electron chi connectivity index (χ2n) is 6.25. The van der Waals surface area contributed by atoms with Gasteiger partial charge in [0.15, 0.2) is 6.61 Å². The first-order chi connectivity index (χ1) is 12.2. The van der Waals surface area contributed by atoms with Crippen LogP contribution in [0.4, 0.5) is 0 Å². The van der Waals surface area contributed by atoms with Gasteiger partial charge in [0.05, 0.1) is 0 Å². The van der Waals surface area contributed by atoms with E-state index in [2.05, 4.69) is 21.3 Å². The summed E-state index contributed by atoms with van der Waals surface area (Å²) in [4.78, 5) is 18.6. The van der Waals surface area contributed by atoms with E-state index in [1.165, 1.54) is 5.56 Å². The summed E-state index contributed by atoms with van der Waals surface area (Å²) in [5, 5.41) is 3.71. The van der Waals surface area contributed by atoms with E-state index in [1.54, 1.807) is 30.5 Å². The Balaban J connectivity index is 1.43. The Hall–Kier alpha value is -2.11. The van der Waals surface area contributed by atoms with E-state index in [0.717, 1.165) is 32.5 Å². The Morgan fingerprint density at radius 1 is 1.32 bits per heavy atom. The van der Waals surface area contributed by atoms with Gasteiger partial charge in [0, 0.05) is 36.5 Å². The Morgan fingerprint density at radius 2 is 2.16 bits per heavy atom. The van der Waals surface area contributed by atoms with E-state index in [9.17, 15) is 4.79 Å². The number of hydrogen-bond donors (Lipinski definition) is 1. The van der Waals surface area contributed by atoms with E-state index in [0.29, 0.717) is 10.8 Å². The summed E-state index contributed by atoms with van der Waals surface area (Å²) >= 11 is 5.83. The third-order valence-corrected chi connectivity index (χ3v) is 4.44. The highest BCUT2D eigenvalue weighted by atomic mass is 35.5. The van der Waals surface area contributed by atoms with Gasteiger partial charge in [-0.2, -0.15) is 0 Å². The molecule has 0 saturated carbocycles. The molecular formula is C19H22ClN3O2. The molecule has 25 heavy (non-hydrogen) atoms. The number of carbonyl (C=O) groups is 1. The average Bonchev–Trinajstić information content (AvgIpc) is 2.62. The van der Waals surface area contributed by atoms with Crippen molar-refractivity contribution in [2.24, 2.45) is 0 Å². The number of ether oxygens (including phenoxy) is 1. The lowest BCUT2D eigenvalue weighted by Crippen LogP contribution is -2.48. The van der Waals surface area contributed by atoms with Crippen molar-refractivity contribution in [2.75, 3.05) is 19.7 Å². The number of piperidine rings is 1. The Labute approximate surface area is 153 Å². The summed E-state index contributed by atoms with van der Waals surface area (Å²) in [5.41, 5.74) is 1.19. The SMILES string of the molecule is O=C(COc1ccc(Cl)cc1)N[C@@H]1CCCN(Cc2cccnc2)C1. The van der Waals surface area contributed by atoms with E-state index < -0.39 is 0 Å². The lowest BCUT2D eigenvalue weighted by atomic mass is 10.1. The highest BCUT2D eigenvalue weighted by Crippen LogP contribution is 2.16. The van der Waals surface area contributed by atoms with Gasteiger partial charge in [-0.25, -0.2) is 0 Å². The average molecular weight is 360 g/mol. The fraction of sp³-hybridized carbons (Fsp3) is 0.368. The number of carbonyl (C=O) groups excluding carboxylic acids is 1. The number of aromatic nitrogens is 1. The van der Waals surface area contributed by atoms with Crippen molar-refractivity contribution >= 4 is 17.5 Å². The topological polar surface area (TPSA) is 54.5 Å². The molecule has 1 N–H and O–H groups in total. The second kappa shape index (κ2) is 8.83. The molecular weight excluding hydrogens is 338 g/mol. The molecule has 2 aromatic rings. The van der Waals surface area contributed by atoms with Crippen molar-refractivity contribution in [2.45, 2.75) is 25.4 Å². The van der Waals surface area contributed by atoms with Crippen LogP contribution in [0.5, 0.6) is 5.75 Å². The Morgan fingerprint density at radius 3 is 2.92 bits per heavy atom. The third-order valence-electron chi connectivity index (χ3n) is 4.18. The lowest BCUT2D eigenvalue weighted by molar-refractivity contribution is -0.124. The van der Waals surface area contributed by atoms with Gasteiger partial charge in [0.1, 0.15) is 5.75 Å². The summed E-state index contributed by atoms with van der Waals surface area (Å²) < 4.78 is 5.49. The molecule has 1 fully saturated rings. The monoisotopic (exact) mass is 359 g/mol. The van der Waals surface area contributed by atoms with Crippen LogP contribution in [0, 0.1) is 0 Å². The zero-order valence-electron chi connectivity index (χ0n) is 14.0. The first kappa shape index (κ1) is 17.7. The molecule has 0 radical (unpaired) electrons. The maximum absolute atomic E-state index is 12.1. The van der Waals surface area contributed by atoms with Crippen molar-refractivity contribution < 1.29 is 9.53 Å². The van der Waals surface area contributed by atoms with Crippen molar-refractivity contribution in [1.29, 1.82) is 0 Å². The van der Waals surface area contributed by atoms with Crippen LogP contribution in [0.25, 0.3) is 0 Å². The van der Waals surface area contributed by atoms with Gasteiger partial charge in [-0.05, 0) is 55.3 Å². The molecule has 0 bridgehead atoms.